The van der Waals surface area contributed by atoms with E-state index in [0.717, 1.165) is 0 Å². The third-order valence-electron chi connectivity index (χ3n) is 1.79. The summed E-state index contributed by atoms with van der Waals surface area (Å²) in [5.74, 6) is 0. The molecule has 0 amide bonds. The molecular formula is C12H27O6Sm. The zero-order valence-electron chi connectivity index (χ0n) is 12.7. The summed E-state index contributed by atoms with van der Waals surface area (Å²) < 4.78 is 13.0. The van der Waals surface area contributed by atoms with E-state index in [2.05, 4.69) is 14.2 Å². The van der Waals surface area contributed by atoms with Crippen molar-refractivity contribution in [2.45, 2.75) is 58.9 Å². The maximum atomic E-state index is 10.0. The molecule has 3 atom stereocenters. The van der Waals surface area contributed by atoms with Gasteiger partial charge in [0.25, 0.3) is 0 Å². The summed E-state index contributed by atoms with van der Waals surface area (Å²) >= 11 is 0. The van der Waals surface area contributed by atoms with Gasteiger partial charge >= 0.3 is 40.4 Å². The molecule has 0 N–H and O–H groups in total. The molecule has 0 saturated heterocycles. The van der Waals surface area contributed by atoms with Gasteiger partial charge in [-0.15, -0.1) is 0 Å². The Labute approximate surface area is 149 Å². The number of rotatable bonds is 6. The van der Waals surface area contributed by atoms with E-state index < -0.39 is 18.9 Å². The van der Waals surface area contributed by atoms with Gasteiger partial charge in [0.05, 0.1) is 0 Å². The van der Waals surface area contributed by atoms with Crippen LogP contribution >= 0.6 is 0 Å². The second-order valence-electron chi connectivity index (χ2n) is 3.22. The van der Waals surface area contributed by atoms with Crippen molar-refractivity contribution in [2.24, 2.45) is 0 Å². The smallest absolute Gasteiger partial charge is 0.831 e. The Morgan fingerprint density at radius 3 is 0.789 bits per heavy atom. The molecular weight excluding hydrogens is 390 g/mol. The van der Waals surface area contributed by atoms with Crippen molar-refractivity contribution in [1.82, 2.24) is 0 Å². The Hall–Kier alpha value is 1.10. The van der Waals surface area contributed by atoms with Crippen LogP contribution < -0.4 is 15.3 Å². The fourth-order valence-corrected chi connectivity index (χ4v) is 0.500. The van der Waals surface area contributed by atoms with Gasteiger partial charge in [0, 0.05) is 21.3 Å². The monoisotopic (exact) mass is 419 g/mol. The van der Waals surface area contributed by atoms with E-state index in [9.17, 15) is 15.3 Å². The van der Waals surface area contributed by atoms with Gasteiger partial charge in [-0.05, 0) is 38.1 Å². The fraction of sp³-hybridized carbons (Fsp3) is 1.00. The van der Waals surface area contributed by atoms with Crippen LogP contribution in [0.15, 0.2) is 0 Å². The van der Waals surface area contributed by atoms with Crippen LogP contribution in [0.1, 0.15) is 40.0 Å². The Balaban J connectivity index is -0.0000000865. The fourth-order valence-electron chi connectivity index (χ4n) is 0.500. The standard InChI is InChI=1S/3C4H9O2.Sm/c3*1-3-4(5)6-2;/h3*4H,3H2,1-2H3;/q3*-1;+3. The minimum absolute atomic E-state index is 0. The minimum atomic E-state index is -0.815. The van der Waals surface area contributed by atoms with E-state index in [1.165, 1.54) is 21.3 Å². The van der Waals surface area contributed by atoms with Crippen LogP contribution in [-0.2, 0) is 14.2 Å². The summed E-state index contributed by atoms with van der Waals surface area (Å²) in [4.78, 5) is 0. The second kappa shape index (κ2) is 24.1. The zero-order valence-corrected chi connectivity index (χ0v) is 15.3. The molecule has 0 spiro atoms. The van der Waals surface area contributed by atoms with E-state index >= 15 is 0 Å². The van der Waals surface area contributed by atoms with Crippen LogP contribution in [0, 0.1) is 40.4 Å². The Morgan fingerprint density at radius 1 is 0.632 bits per heavy atom. The molecule has 0 aliphatic rings. The van der Waals surface area contributed by atoms with E-state index in [1.54, 1.807) is 20.8 Å². The summed E-state index contributed by atoms with van der Waals surface area (Å²) in [7, 11) is 4.25. The number of methoxy groups -OCH3 is 3. The molecule has 0 bridgehead atoms. The summed E-state index contributed by atoms with van der Waals surface area (Å²) in [6.07, 6.45) is -0.788. The van der Waals surface area contributed by atoms with Gasteiger partial charge in [-0.2, -0.15) is 0 Å². The van der Waals surface area contributed by atoms with Gasteiger partial charge < -0.3 is 29.5 Å². The van der Waals surface area contributed by atoms with Crippen molar-refractivity contribution >= 4 is 0 Å². The first-order chi connectivity index (χ1) is 8.42. The van der Waals surface area contributed by atoms with Crippen molar-refractivity contribution in [3.63, 3.8) is 0 Å². The largest absolute Gasteiger partial charge is 3.00 e. The Kier molecular flexibility index (Phi) is 35.9. The van der Waals surface area contributed by atoms with Crippen LogP contribution in [0.2, 0.25) is 0 Å². The van der Waals surface area contributed by atoms with E-state index in [-0.39, 0.29) is 40.4 Å². The molecule has 19 heavy (non-hydrogen) atoms. The average molecular weight is 418 g/mol. The molecule has 0 aromatic heterocycles. The molecule has 0 aliphatic carbocycles. The maximum absolute atomic E-state index is 10.0. The van der Waals surface area contributed by atoms with Gasteiger partial charge in [0.15, 0.2) is 0 Å². The van der Waals surface area contributed by atoms with Crippen LogP contribution in [-0.4, -0.2) is 40.2 Å². The molecule has 0 heterocycles. The number of hydrogen-bond acceptors (Lipinski definition) is 6. The van der Waals surface area contributed by atoms with E-state index in [0.29, 0.717) is 19.3 Å². The Morgan fingerprint density at radius 2 is 0.789 bits per heavy atom. The van der Waals surface area contributed by atoms with Gasteiger partial charge in [-0.25, -0.2) is 0 Å². The average Bonchev–Trinajstić information content (AvgIpc) is 2.45. The van der Waals surface area contributed by atoms with Gasteiger partial charge in [-0.3, -0.25) is 0 Å². The van der Waals surface area contributed by atoms with Crippen LogP contribution in [0.4, 0.5) is 0 Å². The summed E-state index contributed by atoms with van der Waals surface area (Å²) in [6, 6.07) is 0. The summed E-state index contributed by atoms with van der Waals surface area (Å²) in [5.41, 5.74) is 0. The molecule has 1 radical (unpaired) electrons. The van der Waals surface area contributed by atoms with Crippen molar-refractivity contribution in [3.8, 4) is 0 Å². The first kappa shape index (κ1) is 28.3. The van der Waals surface area contributed by atoms with Crippen LogP contribution in [0.5, 0.6) is 0 Å². The van der Waals surface area contributed by atoms with Crippen LogP contribution in [0.3, 0.4) is 0 Å². The number of ether oxygens (including phenoxy) is 3. The normalized spacial score (nSPS) is 13.7. The minimum Gasteiger partial charge on any atom is -0.831 e. The molecule has 6 nitrogen and oxygen atoms in total. The predicted molar refractivity (Wildman–Crippen MR) is 63.3 cm³/mol. The molecule has 0 rings (SSSR count). The van der Waals surface area contributed by atoms with Gasteiger partial charge in [0.2, 0.25) is 0 Å². The van der Waals surface area contributed by atoms with E-state index in [4.69, 9.17) is 0 Å². The summed E-state index contributed by atoms with van der Waals surface area (Å²) in [6.45, 7) is 5.38. The predicted octanol–water partition coefficient (Wildman–Crippen LogP) is -0.812. The van der Waals surface area contributed by atoms with Crippen molar-refractivity contribution in [2.75, 3.05) is 21.3 Å². The van der Waals surface area contributed by atoms with Crippen molar-refractivity contribution < 1.29 is 69.9 Å². The zero-order chi connectivity index (χ0) is 15.0. The van der Waals surface area contributed by atoms with E-state index in [1.807, 2.05) is 0 Å². The third-order valence-corrected chi connectivity index (χ3v) is 1.79. The van der Waals surface area contributed by atoms with Crippen molar-refractivity contribution in [1.29, 1.82) is 0 Å². The molecule has 0 aromatic rings. The number of hydrogen-bond donors (Lipinski definition) is 0. The first-order valence-corrected chi connectivity index (χ1v) is 5.99. The summed E-state index contributed by atoms with van der Waals surface area (Å²) in [5, 5.41) is 30.1. The topological polar surface area (TPSA) is 96.9 Å². The molecule has 0 aliphatic heterocycles. The molecule has 0 saturated carbocycles. The maximum Gasteiger partial charge on any atom is 3.00 e. The van der Waals surface area contributed by atoms with Gasteiger partial charge in [0.1, 0.15) is 0 Å². The van der Waals surface area contributed by atoms with Crippen LogP contribution in [0.25, 0.3) is 0 Å². The molecule has 117 valence electrons. The Bertz CT molecular complexity index is 104. The quantitative estimate of drug-likeness (QED) is 0.524. The SMILES string of the molecule is CCC([O-])OC.CCC([O-])OC.CCC([O-])OC.[Sm+3]. The molecule has 3 unspecified atom stereocenters. The molecule has 0 aromatic carbocycles. The third kappa shape index (κ3) is 32.5. The molecule has 7 heteroatoms. The first-order valence-electron chi connectivity index (χ1n) is 5.99. The second-order valence-corrected chi connectivity index (χ2v) is 3.22. The van der Waals surface area contributed by atoms with Gasteiger partial charge in [-0.1, -0.05) is 20.8 Å². The van der Waals surface area contributed by atoms with Crippen molar-refractivity contribution in [3.05, 3.63) is 0 Å². The molecule has 0 fully saturated rings.